The lowest BCUT2D eigenvalue weighted by atomic mass is 10.1. The molecule has 3 rings (SSSR count). The first kappa shape index (κ1) is 21.0. The number of rotatable bonds is 9. The van der Waals surface area contributed by atoms with Gasteiger partial charge in [0.2, 0.25) is 5.91 Å². The summed E-state index contributed by atoms with van der Waals surface area (Å²) in [4.78, 5) is 12.1. The molecule has 0 radical (unpaired) electrons. The van der Waals surface area contributed by atoms with E-state index in [-0.39, 0.29) is 24.8 Å². The fraction of sp³-hybridized carbons (Fsp3) is 0.500. The summed E-state index contributed by atoms with van der Waals surface area (Å²) in [6, 6.07) is 6.63. The molecule has 29 heavy (non-hydrogen) atoms. The van der Waals surface area contributed by atoms with Crippen LogP contribution in [0.1, 0.15) is 42.1 Å². The van der Waals surface area contributed by atoms with Gasteiger partial charge in [0.15, 0.2) is 17.2 Å². The molecule has 1 N–H and O–H groups in total. The molecule has 0 unspecified atom stereocenters. The van der Waals surface area contributed by atoms with E-state index in [1.807, 2.05) is 12.1 Å². The van der Waals surface area contributed by atoms with Gasteiger partial charge in [-0.05, 0) is 43.0 Å². The van der Waals surface area contributed by atoms with E-state index >= 15 is 0 Å². The Morgan fingerprint density at radius 1 is 1.21 bits per heavy atom. The number of nitrogens with zero attached hydrogens (tertiary/aromatic N) is 2. The number of alkyl halides is 3. The molecule has 1 heterocycles. The van der Waals surface area contributed by atoms with E-state index in [1.54, 1.807) is 20.3 Å². The quantitative estimate of drug-likeness (QED) is 0.686. The highest BCUT2D eigenvalue weighted by molar-refractivity contribution is 5.75. The minimum Gasteiger partial charge on any atom is -0.493 e. The van der Waals surface area contributed by atoms with Crippen LogP contribution in [0.5, 0.6) is 11.5 Å². The standard InChI is InChI=1S/C20H24F3N3O3/c1-28-16-6-3-13(11-17(16)29-2)7-9-24-19(27)8-10-26-15(14-4-5-14)12-18(25-26)20(21,22)23/h3,6,11-12,14H,4-5,7-10H2,1-2H3,(H,24,27). The second kappa shape index (κ2) is 8.75. The topological polar surface area (TPSA) is 65.4 Å². The zero-order chi connectivity index (χ0) is 21.0. The van der Waals surface area contributed by atoms with Crippen LogP contribution >= 0.6 is 0 Å². The lowest BCUT2D eigenvalue weighted by Gasteiger charge is -2.10. The number of aromatic nitrogens is 2. The van der Waals surface area contributed by atoms with Gasteiger partial charge in [-0.3, -0.25) is 9.48 Å². The van der Waals surface area contributed by atoms with Crippen molar-refractivity contribution in [2.75, 3.05) is 20.8 Å². The van der Waals surface area contributed by atoms with Crippen molar-refractivity contribution in [2.24, 2.45) is 0 Å². The lowest BCUT2D eigenvalue weighted by molar-refractivity contribution is -0.141. The van der Waals surface area contributed by atoms with Crippen LogP contribution in [0.15, 0.2) is 24.3 Å². The number of hydrogen-bond acceptors (Lipinski definition) is 4. The highest BCUT2D eigenvalue weighted by Crippen LogP contribution is 2.42. The van der Waals surface area contributed by atoms with Crippen molar-refractivity contribution in [3.05, 3.63) is 41.2 Å². The third-order valence-corrected chi connectivity index (χ3v) is 4.83. The van der Waals surface area contributed by atoms with Crippen LogP contribution in [0.25, 0.3) is 0 Å². The van der Waals surface area contributed by atoms with Gasteiger partial charge in [0, 0.05) is 31.1 Å². The predicted octanol–water partition coefficient (Wildman–Crippen LogP) is 3.55. The zero-order valence-corrected chi connectivity index (χ0v) is 16.4. The van der Waals surface area contributed by atoms with Gasteiger partial charge < -0.3 is 14.8 Å². The van der Waals surface area contributed by atoms with Crippen LogP contribution in [0.3, 0.4) is 0 Å². The van der Waals surface area contributed by atoms with Crippen LogP contribution in [0.4, 0.5) is 13.2 Å². The third-order valence-electron chi connectivity index (χ3n) is 4.83. The average molecular weight is 411 g/mol. The molecule has 9 heteroatoms. The normalized spacial score (nSPS) is 14.0. The number of halogens is 3. The molecule has 0 aliphatic heterocycles. The van der Waals surface area contributed by atoms with Gasteiger partial charge in [-0.1, -0.05) is 6.07 Å². The molecule has 1 saturated carbocycles. The maximum atomic E-state index is 12.9. The van der Waals surface area contributed by atoms with Gasteiger partial charge in [0.25, 0.3) is 0 Å². The summed E-state index contributed by atoms with van der Waals surface area (Å²) in [6.45, 7) is 0.542. The molecule has 1 amide bonds. The minimum atomic E-state index is -4.48. The van der Waals surface area contributed by atoms with E-state index in [0.717, 1.165) is 24.5 Å². The van der Waals surface area contributed by atoms with Crippen molar-refractivity contribution >= 4 is 5.91 Å². The number of nitrogens with one attached hydrogen (secondary N) is 1. The number of benzene rings is 1. The second-order valence-electron chi connectivity index (χ2n) is 6.99. The Morgan fingerprint density at radius 3 is 2.55 bits per heavy atom. The Balaban J connectivity index is 1.50. The monoisotopic (exact) mass is 411 g/mol. The van der Waals surface area contributed by atoms with Crippen LogP contribution < -0.4 is 14.8 Å². The summed E-state index contributed by atoms with van der Waals surface area (Å²) < 4.78 is 50.5. The summed E-state index contributed by atoms with van der Waals surface area (Å²) >= 11 is 0. The van der Waals surface area contributed by atoms with E-state index in [9.17, 15) is 18.0 Å². The molecule has 1 aromatic carbocycles. The van der Waals surface area contributed by atoms with Crippen molar-refractivity contribution < 1.29 is 27.4 Å². The molecule has 158 valence electrons. The van der Waals surface area contributed by atoms with E-state index in [1.165, 1.54) is 4.68 Å². The van der Waals surface area contributed by atoms with Gasteiger partial charge in [-0.15, -0.1) is 0 Å². The molecular weight excluding hydrogens is 387 g/mol. The van der Waals surface area contributed by atoms with Crippen molar-refractivity contribution in [3.8, 4) is 11.5 Å². The van der Waals surface area contributed by atoms with Crippen LogP contribution in [0.2, 0.25) is 0 Å². The predicted molar refractivity (Wildman–Crippen MR) is 100 cm³/mol. The SMILES string of the molecule is COc1ccc(CCNC(=O)CCn2nc(C(F)(F)F)cc2C2CC2)cc1OC. The van der Waals surface area contributed by atoms with Gasteiger partial charge >= 0.3 is 6.18 Å². The number of carbonyl (C=O) groups excluding carboxylic acids is 1. The molecular formula is C20H24F3N3O3. The number of hydrogen-bond donors (Lipinski definition) is 1. The lowest BCUT2D eigenvalue weighted by Crippen LogP contribution is -2.27. The van der Waals surface area contributed by atoms with Gasteiger partial charge in [0.05, 0.1) is 14.2 Å². The molecule has 1 fully saturated rings. The van der Waals surface area contributed by atoms with Crippen molar-refractivity contribution in [3.63, 3.8) is 0 Å². The fourth-order valence-corrected chi connectivity index (χ4v) is 3.13. The first-order valence-corrected chi connectivity index (χ1v) is 9.44. The largest absolute Gasteiger partial charge is 0.493 e. The number of ether oxygens (including phenoxy) is 2. The van der Waals surface area contributed by atoms with Crippen molar-refractivity contribution in [2.45, 2.75) is 44.3 Å². The molecule has 6 nitrogen and oxygen atoms in total. The molecule has 2 aromatic rings. The number of carbonyl (C=O) groups is 1. The molecule has 1 aromatic heterocycles. The second-order valence-corrected chi connectivity index (χ2v) is 6.99. The molecule has 0 atom stereocenters. The molecule has 1 aliphatic rings. The smallest absolute Gasteiger partial charge is 0.435 e. The zero-order valence-electron chi connectivity index (χ0n) is 16.4. The average Bonchev–Trinajstić information content (AvgIpc) is 3.44. The van der Waals surface area contributed by atoms with Crippen molar-refractivity contribution in [1.82, 2.24) is 15.1 Å². The molecule has 0 bridgehead atoms. The minimum absolute atomic E-state index is 0.0740. The van der Waals surface area contributed by atoms with E-state index in [2.05, 4.69) is 10.4 Å². The fourth-order valence-electron chi connectivity index (χ4n) is 3.13. The first-order valence-electron chi connectivity index (χ1n) is 9.44. The van der Waals surface area contributed by atoms with Crippen LogP contribution in [-0.2, 0) is 23.9 Å². The Kier molecular flexibility index (Phi) is 6.34. The first-order chi connectivity index (χ1) is 13.8. The summed E-state index contributed by atoms with van der Waals surface area (Å²) in [5, 5.41) is 6.46. The van der Waals surface area contributed by atoms with E-state index < -0.39 is 11.9 Å². The summed E-state index contributed by atoms with van der Waals surface area (Å²) in [5.74, 6) is 1.13. The van der Waals surface area contributed by atoms with E-state index in [4.69, 9.17) is 9.47 Å². The molecule has 0 spiro atoms. The summed E-state index contributed by atoms with van der Waals surface area (Å²) in [6.07, 6.45) is -2.08. The van der Waals surface area contributed by atoms with Gasteiger partial charge in [0.1, 0.15) is 0 Å². The Bertz CT molecular complexity index is 860. The van der Waals surface area contributed by atoms with Crippen molar-refractivity contribution in [1.29, 1.82) is 0 Å². The molecule has 1 aliphatic carbocycles. The van der Waals surface area contributed by atoms with Gasteiger partial charge in [-0.25, -0.2) is 0 Å². The summed E-state index contributed by atoms with van der Waals surface area (Å²) in [7, 11) is 3.11. The summed E-state index contributed by atoms with van der Waals surface area (Å²) in [5.41, 5.74) is 0.643. The maximum Gasteiger partial charge on any atom is 0.435 e. The van der Waals surface area contributed by atoms with Gasteiger partial charge in [-0.2, -0.15) is 18.3 Å². The molecule has 0 saturated heterocycles. The van der Waals surface area contributed by atoms with Crippen LogP contribution in [0, 0.1) is 0 Å². The Labute approximate surface area is 167 Å². The van der Waals surface area contributed by atoms with Crippen LogP contribution in [-0.4, -0.2) is 36.5 Å². The van der Waals surface area contributed by atoms with E-state index in [0.29, 0.717) is 30.2 Å². The number of aryl methyl sites for hydroxylation is 1. The highest BCUT2D eigenvalue weighted by Gasteiger charge is 2.37. The Morgan fingerprint density at radius 2 is 1.93 bits per heavy atom. The number of amides is 1. The Hall–Kier alpha value is -2.71. The maximum absolute atomic E-state index is 12.9. The highest BCUT2D eigenvalue weighted by atomic mass is 19.4. The third kappa shape index (κ3) is 5.42. The number of methoxy groups -OCH3 is 2.